The standard InChI is InChI=1S/C18H24N2O/c1-10-7-13-14(8-11(10)2)20-16(19-13)18-6-5-12(9-15(18)21)17(18,3)4/h7-8,12,16,19-20H,5-6,9H2,1-4H3. The van der Waals surface area contributed by atoms with Crippen molar-refractivity contribution in [3.63, 3.8) is 0 Å². The normalized spacial score (nSPS) is 33.0. The average Bonchev–Trinajstić information content (AvgIpc) is 2.97. The predicted molar refractivity (Wildman–Crippen MR) is 85.5 cm³/mol. The molecule has 4 rings (SSSR count). The van der Waals surface area contributed by atoms with Gasteiger partial charge in [-0.15, -0.1) is 0 Å². The van der Waals surface area contributed by atoms with Gasteiger partial charge in [0.2, 0.25) is 0 Å². The highest BCUT2D eigenvalue weighted by Crippen LogP contribution is 2.66. The fourth-order valence-electron chi connectivity index (χ4n) is 5.04. The molecule has 0 saturated heterocycles. The Bertz CT molecular complexity index is 618. The van der Waals surface area contributed by atoms with E-state index in [1.807, 2.05) is 0 Å². The largest absolute Gasteiger partial charge is 0.363 e. The maximum Gasteiger partial charge on any atom is 0.143 e. The van der Waals surface area contributed by atoms with Gasteiger partial charge in [-0.1, -0.05) is 13.8 Å². The summed E-state index contributed by atoms with van der Waals surface area (Å²) in [7, 11) is 0. The zero-order valence-electron chi connectivity index (χ0n) is 13.3. The van der Waals surface area contributed by atoms with Crippen LogP contribution < -0.4 is 10.6 Å². The van der Waals surface area contributed by atoms with Crippen LogP contribution in [0.15, 0.2) is 12.1 Å². The van der Waals surface area contributed by atoms with E-state index >= 15 is 0 Å². The van der Waals surface area contributed by atoms with Crippen molar-refractivity contribution in [3.8, 4) is 0 Å². The molecule has 2 N–H and O–H groups in total. The number of carbonyl (C=O) groups is 1. The Balaban J connectivity index is 1.75. The lowest BCUT2D eigenvalue weighted by Gasteiger charge is -2.41. The second-order valence-electron chi connectivity index (χ2n) is 7.76. The van der Waals surface area contributed by atoms with E-state index in [9.17, 15) is 4.79 Å². The third-order valence-corrected chi connectivity index (χ3v) is 6.71. The SMILES string of the molecule is Cc1cc2c(cc1C)NC(C13CCC(CC1=O)C3(C)C)N2. The highest BCUT2D eigenvalue weighted by Gasteiger charge is 2.68. The van der Waals surface area contributed by atoms with E-state index in [2.05, 4.69) is 50.5 Å². The number of aryl methyl sites for hydroxylation is 2. The number of nitrogens with one attached hydrogen (secondary N) is 2. The van der Waals surface area contributed by atoms with Crippen LogP contribution in [-0.4, -0.2) is 11.9 Å². The number of ketones is 1. The monoisotopic (exact) mass is 284 g/mol. The van der Waals surface area contributed by atoms with E-state index in [1.165, 1.54) is 17.5 Å². The Labute approximate surface area is 126 Å². The number of hydrogen-bond donors (Lipinski definition) is 2. The number of carbonyl (C=O) groups excluding carboxylic acids is 1. The molecule has 0 aromatic heterocycles. The van der Waals surface area contributed by atoms with Crippen LogP contribution in [0.2, 0.25) is 0 Å². The summed E-state index contributed by atoms with van der Waals surface area (Å²) < 4.78 is 0. The first-order chi connectivity index (χ1) is 9.86. The minimum atomic E-state index is -0.251. The minimum absolute atomic E-state index is 0.0451. The van der Waals surface area contributed by atoms with Crippen LogP contribution in [-0.2, 0) is 4.79 Å². The highest BCUT2D eigenvalue weighted by atomic mass is 16.1. The fourth-order valence-corrected chi connectivity index (χ4v) is 5.04. The fraction of sp³-hybridized carbons (Fsp3) is 0.611. The third-order valence-electron chi connectivity index (χ3n) is 6.71. The molecule has 2 atom stereocenters. The Kier molecular flexibility index (Phi) is 2.40. The van der Waals surface area contributed by atoms with Crippen LogP contribution in [0.1, 0.15) is 44.2 Å². The molecule has 1 heterocycles. The molecule has 2 aliphatic carbocycles. The number of fused-ring (bicyclic) bond motifs is 3. The summed E-state index contributed by atoms with van der Waals surface area (Å²) in [6.07, 6.45) is 3.01. The summed E-state index contributed by atoms with van der Waals surface area (Å²) >= 11 is 0. The summed E-state index contributed by atoms with van der Waals surface area (Å²) in [5, 5.41) is 7.23. The van der Waals surface area contributed by atoms with Crippen molar-refractivity contribution < 1.29 is 4.79 Å². The topological polar surface area (TPSA) is 41.1 Å². The van der Waals surface area contributed by atoms with Gasteiger partial charge in [0.1, 0.15) is 11.9 Å². The summed E-state index contributed by atoms with van der Waals surface area (Å²) in [6, 6.07) is 4.40. The van der Waals surface area contributed by atoms with E-state index in [1.54, 1.807) is 0 Å². The smallest absolute Gasteiger partial charge is 0.143 e. The van der Waals surface area contributed by atoms with Crippen molar-refractivity contribution in [1.82, 2.24) is 0 Å². The Morgan fingerprint density at radius 1 is 1.10 bits per heavy atom. The van der Waals surface area contributed by atoms with Gasteiger partial charge in [-0.2, -0.15) is 0 Å². The van der Waals surface area contributed by atoms with Gasteiger partial charge >= 0.3 is 0 Å². The molecule has 2 fully saturated rings. The van der Waals surface area contributed by atoms with Crippen LogP contribution in [0.4, 0.5) is 11.4 Å². The van der Waals surface area contributed by atoms with Crippen LogP contribution in [0.3, 0.4) is 0 Å². The molecule has 2 bridgehead atoms. The van der Waals surface area contributed by atoms with Gasteiger partial charge in [-0.05, 0) is 61.3 Å². The second-order valence-corrected chi connectivity index (χ2v) is 7.76. The Morgan fingerprint density at radius 2 is 1.67 bits per heavy atom. The zero-order valence-corrected chi connectivity index (χ0v) is 13.3. The van der Waals surface area contributed by atoms with Crippen LogP contribution >= 0.6 is 0 Å². The third kappa shape index (κ3) is 1.42. The summed E-state index contributed by atoms with van der Waals surface area (Å²) in [6.45, 7) is 8.86. The molecule has 0 amide bonds. The predicted octanol–water partition coefficient (Wildman–Crippen LogP) is 3.86. The van der Waals surface area contributed by atoms with Crippen LogP contribution in [0.25, 0.3) is 0 Å². The molecular formula is C18H24N2O. The lowest BCUT2D eigenvalue weighted by molar-refractivity contribution is -0.129. The molecule has 3 nitrogen and oxygen atoms in total. The molecule has 3 aliphatic rings. The van der Waals surface area contributed by atoms with Crippen molar-refractivity contribution in [3.05, 3.63) is 23.3 Å². The van der Waals surface area contributed by atoms with Crippen molar-refractivity contribution in [2.45, 2.75) is 53.1 Å². The highest BCUT2D eigenvalue weighted by molar-refractivity contribution is 5.93. The van der Waals surface area contributed by atoms with Crippen molar-refractivity contribution in [2.24, 2.45) is 16.7 Å². The van der Waals surface area contributed by atoms with Gasteiger partial charge in [-0.3, -0.25) is 4.79 Å². The maximum atomic E-state index is 12.8. The molecule has 1 aromatic carbocycles. The van der Waals surface area contributed by atoms with Gasteiger partial charge in [0.05, 0.1) is 16.8 Å². The lowest BCUT2D eigenvalue weighted by Crippen LogP contribution is -2.51. The van der Waals surface area contributed by atoms with Gasteiger partial charge in [0.25, 0.3) is 0 Å². The Morgan fingerprint density at radius 3 is 2.10 bits per heavy atom. The van der Waals surface area contributed by atoms with E-state index < -0.39 is 0 Å². The average molecular weight is 284 g/mol. The van der Waals surface area contributed by atoms with Crippen molar-refractivity contribution in [1.29, 1.82) is 0 Å². The number of rotatable bonds is 1. The van der Waals surface area contributed by atoms with Crippen molar-refractivity contribution in [2.75, 3.05) is 10.6 Å². The quantitative estimate of drug-likeness (QED) is 0.822. The van der Waals surface area contributed by atoms with Gasteiger partial charge in [-0.25, -0.2) is 0 Å². The van der Waals surface area contributed by atoms with Crippen LogP contribution in [0, 0.1) is 30.6 Å². The van der Waals surface area contributed by atoms with Gasteiger partial charge < -0.3 is 10.6 Å². The molecule has 2 saturated carbocycles. The Hall–Kier alpha value is -1.51. The molecule has 0 radical (unpaired) electrons. The first-order valence-corrected chi connectivity index (χ1v) is 8.04. The minimum Gasteiger partial charge on any atom is -0.363 e. The maximum absolute atomic E-state index is 12.8. The zero-order chi connectivity index (χ0) is 15.0. The molecule has 1 aliphatic heterocycles. The molecule has 21 heavy (non-hydrogen) atoms. The number of benzene rings is 1. The molecule has 1 aromatic rings. The van der Waals surface area contributed by atoms with Crippen LogP contribution in [0.5, 0.6) is 0 Å². The number of Topliss-reactive ketones (excluding diaryl/α,β-unsaturated/α-hetero) is 1. The molecule has 0 spiro atoms. The first-order valence-electron chi connectivity index (χ1n) is 8.04. The van der Waals surface area contributed by atoms with Gasteiger partial charge in [0.15, 0.2) is 0 Å². The summed E-state index contributed by atoms with van der Waals surface area (Å²) in [5.74, 6) is 1.01. The lowest BCUT2D eigenvalue weighted by atomic mass is 9.67. The number of anilines is 2. The summed E-state index contributed by atoms with van der Waals surface area (Å²) in [4.78, 5) is 12.8. The molecular weight excluding hydrogens is 260 g/mol. The molecule has 2 unspecified atom stereocenters. The van der Waals surface area contributed by atoms with E-state index in [-0.39, 0.29) is 17.0 Å². The van der Waals surface area contributed by atoms with E-state index in [4.69, 9.17) is 0 Å². The molecule has 112 valence electrons. The molecule has 3 heteroatoms. The van der Waals surface area contributed by atoms with Gasteiger partial charge in [0, 0.05) is 6.42 Å². The second kappa shape index (κ2) is 3.82. The van der Waals surface area contributed by atoms with Crippen molar-refractivity contribution >= 4 is 17.2 Å². The number of hydrogen-bond acceptors (Lipinski definition) is 3. The van der Waals surface area contributed by atoms with E-state index in [0.29, 0.717) is 11.7 Å². The summed E-state index contributed by atoms with van der Waals surface area (Å²) in [5.41, 5.74) is 4.72. The first kappa shape index (κ1) is 13.2. The van der Waals surface area contributed by atoms with E-state index in [0.717, 1.165) is 24.2 Å².